The molecule has 0 heterocycles. The van der Waals surface area contributed by atoms with Crippen molar-refractivity contribution in [3.05, 3.63) is 58.6 Å². The number of methoxy groups -OCH3 is 1. The van der Waals surface area contributed by atoms with Gasteiger partial charge in [-0.3, -0.25) is 13.9 Å². The minimum atomic E-state index is -3.61. The van der Waals surface area contributed by atoms with E-state index in [2.05, 4.69) is 5.32 Å². The summed E-state index contributed by atoms with van der Waals surface area (Å²) in [6, 6.07) is 11.8. The lowest BCUT2D eigenvalue weighted by Gasteiger charge is -2.33. The van der Waals surface area contributed by atoms with Gasteiger partial charge in [0.25, 0.3) is 0 Å². The van der Waals surface area contributed by atoms with Crippen LogP contribution < -0.4 is 14.4 Å². The summed E-state index contributed by atoms with van der Waals surface area (Å²) >= 11 is 6.13. The molecule has 38 heavy (non-hydrogen) atoms. The molecule has 1 N–H and O–H groups in total. The second kappa shape index (κ2) is 13.3. The van der Waals surface area contributed by atoms with Gasteiger partial charge in [-0.15, -0.1) is 0 Å². The van der Waals surface area contributed by atoms with Crippen LogP contribution in [0.3, 0.4) is 0 Å². The van der Waals surface area contributed by atoms with Gasteiger partial charge < -0.3 is 15.0 Å². The molecule has 0 saturated carbocycles. The molecule has 2 aromatic carbocycles. The molecule has 0 unspecified atom stereocenters. The van der Waals surface area contributed by atoms with Crippen LogP contribution >= 0.6 is 11.6 Å². The van der Waals surface area contributed by atoms with Crippen molar-refractivity contribution < 1.29 is 22.7 Å². The number of rotatable bonds is 12. The summed E-state index contributed by atoms with van der Waals surface area (Å²) < 4.78 is 31.8. The highest BCUT2D eigenvalue weighted by Gasteiger charge is 2.31. The predicted octanol–water partition coefficient (Wildman–Crippen LogP) is 4.93. The van der Waals surface area contributed by atoms with Gasteiger partial charge in [0.15, 0.2) is 0 Å². The van der Waals surface area contributed by atoms with Crippen LogP contribution in [0, 0.1) is 6.92 Å². The number of anilines is 1. The first kappa shape index (κ1) is 31.4. The molecule has 0 aromatic heterocycles. The number of hydrogen-bond acceptors (Lipinski definition) is 5. The maximum atomic E-state index is 13.6. The second-order valence-electron chi connectivity index (χ2n) is 10.4. The molecule has 8 nitrogen and oxygen atoms in total. The summed E-state index contributed by atoms with van der Waals surface area (Å²) in [5.41, 5.74) is 1.61. The number of benzene rings is 2. The summed E-state index contributed by atoms with van der Waals surface area (Å²) in [7, 11) is -2.04. The van der Waals surface area contributed by atoms with E-state index in [1.807, 2.05) is 58.9 Å². The van der Waals surface area contributed by atoms with Gasteiger partial charge in [0.1, 0.15) is 11.8 Å². The fourth-order valence-corrected chi connectivity index (χ4v) is 5.35. The van der Waals surface area contributed by atoms with E-state index in [1.165, 1.54) is 4.31 Å². The van der Waals surface area contributed by atoms with Crippen molar-refractivity contribution in [1.29, 1.82) is 0 Å². The maximum Gasteiger partial charge on any atom is 0.243 e. The molecule has 0 radical (unpaired) electrons. The van der Waals surface area contributed by atoms with Crippen LogP contribution in [0.15, 0.2) is 42.5 Å². The van der Waals surface area contributed by atoms with Gasteiger partial charge in [-0.1, -0.05) is 36.7 Å². The van der Waals surface area contributed by atoms with Gasteiger partial charge in [-0.2, -0.15) is 0 Å². The van der Waals surface area contributed by atoms with Crippen molar-refractivity contribution in [3.8, 4) is 5.75 Å². The number of amides is 2. The van der Waals surface area contributed by atoms with Crippen molar-refractivity contribution in [2.75, 3.05) is 24.2 Å². The average molecular weight is 566 g/mol. The number of halogens is 1. The standard InChI is InChI=1S/C28H40ClN3O5S/c1-8-24(27(34)30-28(3,4)5)31(19-21-11-9-12-23(17-21)37-6)26(33)13-10-16-32(38(7,35)36)25-18-22(29)15-14-20(25)2/h9,11-12,14-15,17-18,24H,8,10,13,16,19H2,1-7H3,(H,30,34)/t24-/m0/s1. The Hall–Kier alpha value is -2.78. The van der Waals surface area contributed by atoms with Gasteiger partial charge in [0, 0.05) is 30.1 Å². The fourth-order valence-electron chi connectivity index (χ4n) is 4.17. The lowest BCUT2D eigenvalue weighted by atomic mass is 10.0. The van der Waals surface area contributed by atoms with E-state index in [0.29, 0.717) is 22.9 Å². The Morgan fingerprint density at radius 1 is 1.13 bits per heavy atom. The molecule has 0 aliphatic carbocycles. The average Bonchev–Trinajstić information content (AvgIpc) is 2.81. The van der Waals surface area contributed by atoms with Crippen LogP contribution in [-0.2, 0) is 26.2 Å². The molecule has 210 valence electrons. The molecule has 0 bridgehead atoms. The van der Waals surface area contributed by atoms with Gasteiger partial charge in [0.2, 0.25) is 21.8 Å². The number of nitrogens with zero attached hydrogens (tertiary/aromatic N) is 2. The molecule has 1 atom stereocenters. The zero-order chi connectivity index (χ0) is 28.7. The number of aryl methyl sites for hydroxylation is 1. The lowest BCUT2D eigenvalue weighted by Crippen LogP contribution is -2.53. The molecule has 0 saturated heterocycles. The minimum absolute atomic E-state index is 0.0644. The van der Waals surface area contributed by atoms with E-state index < -0.39 is 21.6 Å². The second-order valence-corrected chi connectivity index (χ2v) is 12.7. The van der Waals surface area contributed by atoms with Crippen LogP contribution in [0.5, 0.6) is 5.75 Å². The van der Waals surface area contributed by atoms with Crippen LogP contribution in [-0.4, -0.2) is 56.6 Å². The third-order valence-electron chi connectivity index (χ3n) is 5.96. The van der Waals surface area contributed by atoms with Gasteiger partial charge in [0.05, 0.1) is 19.1 Å². The van der Waals surface area contributed by atoms with Gasteiger partial charge in [-0.25, -0.2) is 8.42 Å². The highest BCUT2D eigenvalue weighted by Crippen LogP contribution is 2.27. The van der Waals surface area contributed by atoms with Crippen molar-refractivity contribution in [3.63, 3.8) is 0 Å². The summed E-state index contributed by atoms with van der Waals surface area (Å²) in [4.78, 5) is 28.3. The molecule has 2 amide bonds. The van der Waals surface area contributed by atoms with Gasteiger partial charge in [-0.05, 0) is 75.9 Å². The summed E-state index contributed by atoms with van der Waals surface area (Å²) in [6.07, 6.45) is 1.89. The number of ether oxygens (including phenoxy) is 1. The van der Waals surface area contributed by atoms with Gasteiger partial charge >= 0.3 is 0 Å². The monoisotopic (exact) mass is 565 g/mol. The SMILES string of the molecule is CC[C@@H](C(=O)NC(C)(C)C)N(Cc1cccc(OC)c1)C(=O)CCCN(c1cc(Cl)ccc1C)S(C)(=O)=O. The van der Waals surface area contributed by atoms with Crippen LogP contribution in [0.25, 0.3) is 0 Å². The largest absolute Gasteiger partial charge is 0.497 e. The van der Waals surface area contributed by atoms with Crippen molar-refractivity contribution in [1.82, 2.24) is 10.2 Å². The molecule has 10 heteroatoms. The Labute approximate surface area is 232 Å². The first-order chi connectivity index (χ1) is 17.7. The minimum Gasteiger partial charge on any atom is -0.497 e. The van der Waals surface area contributed by atoms with Crippen LogP contribution in [0.2, 0.25) is 5.02 Å². The topological polar surface area (TPSA) is 96.0 Å². The van der Waals surface area contributed by atoms with E-state index in [-0.39, 0.29) is 37.7 Å². The van der Waals surface area contributed by atoms with E-state index >= 15 is 0 Å². The Bertz CT molecular complexity index is 1230. The Morgan fingerprint density at radius 3 is 2.39 bits per heavy atom. The van der Waals surface area contributed by atoms with Crippen LogP contribution in [0.1, 0.15) is 58.1 Å². The summed E-state index contributed by atoms with van der Waals surface area (Å²) in [5, 5.41) is 3.41. The molecular weight excluding hydrogens is 526 g/mol. The first-order valence-corrected chi connectivity index (χ1v) is 14.9. The first-order valence-electron chi connectivity index (χ1n) is 12.6. The Kier molecular flexibility index (Phi) is 11.0. The molecular formula is C28H40ClN3O5S. The number of carbonyl (C=O) groups excluding carboxylic acids is 2. The number of sulfonamides is 1. The normalized spacial score (nSPS) is 12.5. The number of nitrogens with one attached hydrogen (secondary N) is 1. The lowest BCUT2D eigenvalue weighted by molar-refractivity contribution is -0.142. The highest BCUT2D eigenvalue weighted by atomic mass is 35.5. The number of hydrogen-bond donors (Lipinski definition) is 1. The zero-order valence-corrected chi connectivity index (χ0v) is 24.9. The predicted molar refractivity (Wildman–Crippen MR) is 153 cm³/mol. The van der Waals surface area contributed by atoms with Crippen molar-refractivity contribution in [2.45, 2.75) is 72.0 Å². The molecule has 0 fully saturated rings. The smallest absolute Gasteiger partial charge is 0.243 e. The van der Waals surface area contributed by atoms with E-state index in [1.54, 1.807) is 30.2 Å². The van der Waals surface area contributed by atoms with Crippen molar-refractivity contribution in [2.24, 2.45) is 0 Å². The summed E-state index contributed by atoms with van der Waals surface area (Å²) in [6.45, 7) is 9.67. The Morgan fingerprint density at radius 2 is 1.82 bits per heavy atom. The molecule has 0 spiro atoms. The highest BCUT2D eigenvalue weighted by molar-refractivity contribution is 7.92. The van der Waals surface area contributed by atoms with Crippen molar-refractivity contribution >= 4 is 39.1 Å². The molecule has 2 rings (SSSR count). The third-order valence-corrected chi connectivity index (χ3v) is 7.38. The van der Waals surface area contributed by atoms with E-state index in [0.717, 1.165) is 17.4 Å². The Balaban J connectivity index is 2.29. The van der Waals surface area contributed by atoms with Crippen LogP contribution in [0.4, 0.5) is 5.69 Å². The number of carbonyl (C=O) groups is 2. The zero-order valence-electron chi connectivity index (χ0n) is 23.4. The quantitative estimate of drug-likeness (QED) is 0.394. The van der Waals surface area contributed by atoms with E-state index in [4.69, 9.17) is 16.3 Å². The maximum absolute atomic E-state index is 13.6. The molecule has 2 aromatic rings. The molecule has 0 aliphatic heterocycles. The van der Waals surface area contributed by atoms with E-state index in [9.17, 15) is 18.0 Å². The third kappa shape index (κ3) is 9.20. The fraction of sp³-hybridized carbons (Fsp3) is 0.500. The summed E-state index contributed by atoms with van der Waals surface area (Å²) in [5.74, 6) is 0.186. The molecule has 0 aliphatic rings.